The number of nitrogens with zero attached hydrogens (tertiary/aromatic N) is 2. The molecule has 0 saturated heterocycles. The van der Waals surface area contributed by atoms with Crippen LogP contribution in [-0.4, -0.2) is 14.4 Å². The van der Waals surface area contributed by atoms with Crippen molar-refractivity contribution in [1.29, 1.82) is 0 Å². The molecule has 0 aliphatic rings. The van der Waals surface area contributed by atoms with Crippen LogP contribution in [0.3, 0.4) is 0 Å². The van der Waals surface area contributed by atoms with E-state index in [1.807, 2.05) is 0 Å². The van der Waals surface area contributed by atoms with Crippen LogP contribution in [0.25, 0.3) is 0 Å². The van der Waals surface area contributed by atoms with E-state index in [0.717, 1.165) is 0 Å². The van der Waals surface area contributed by atoms with E-state index in [-0.39, 0.29) is 0 Å². The van der Waals surface area contributed by atoms with Gasteiger partial charge in [-0.05, 0) is 0 Å². The Morgan fingerprint density at radius 2 is 1.83 bits per heavy atom. The number of hydrogen-bond acceptors (Lipinski definition) is 3. The van der Waals surface area contributed by atoms with Crippen LogP contribution in [0.1, 0.15) is 0 Å². The molecule has 0 unspecified atom stereocenters. The van der Waals surface area contributed by atoms with Crippen LogP contribution in [-0.2, 0) is 0 Å². The first-order valence-electron chi connectivity index (χ1n) is 1.45. The van der Waals surface area contributed by atoms with Crippen molar-refractivity contribution in [2.75, 3.05) is 0 Å². The minimum absolute atomic E-state index is 1.33. The summed E-state index contributed by atoms with van der Waals surface area (Å²) in [5, 5.41) is 0. The quantitative estimate of drug-likeness (QED) is 0.509. The van der Waals surface area contributed by atoms with Gasteiger partial charge in [0.2, 0.25) is 8.08 Å². The molecule has 0 saturated carbocycles. The fourth-order valence-electron chi connectivity index (χ4n) is 0.209. The first-order chi connectivity index (χ1) is 2.89. The third kappa shape index (κ3) is 0.559. The Balaban J connectivity index is 3.05. The topological polar surface area (TPSA) is 46.0 Å². The lowest BCUT2D eigenvalue weighted by Gasteiger charge is -1.65. The number of aromatic nitrogens is 2. The van der Waals surface area contributed by atoms with E-state index in [9.17, 15) is 0 Å². The summed E-state index contributed by atoms with van der Waals surface area (Å²) in [5.74, 6) is 0. The molecule has 0 amide bonds. The smallest absolute Gasteiger partial charge is 0.214 e. The summed E-state index contributed by atoms with van der Waals surface area (Å²) in [5.41, 5.74) is 0. The highest BCUT2D eigenvalue weighted by Gasteiger charge is 1.77. The van der Waals surface area contributed by atoms with Gasteiger partial charge in [-0.15, -0.1) is 0 Å². The lowest BCUT2D eigenvalue weighted by Crippen LogP contribution is -1.48. The standard InChI is InChI=1S/C2H3N2OP/c5-6-3-1-2-4-6/h1-2,5H. The maximum absolute atomic E-state index is 8.40. The molecular formula is C2H3N2OP. The van der Waals surface area contributed by atoms with Gasteiger partial charge in [-0.25, -0.2) is 9.49 Å². The van der Waals surface area contributed by atoms with Crippen molar-refractivity contribution in [1.82, 2.24) is 9.49 Å². The molecule has 1 N–H and O–H groups in total. The second-order valence-corrected chi connectivity index (χ2v) is 1.80. The molecule has 32 valence electrons. The highest BCUT2D eigenvalue weighted by Crippen LogP contribution is 2.05. The Kier molecular flexibility index (Phi) is 0.862. The van der Waals surface area contributed by atoms with Crippen LogP contribution in [0.4, 0.5) is 0 Å². The van der Waals surface area contributed by atoms with Gasteiger partial charge < -0.3 is 4.89 Å². The molecule has 0 atom stereocenters. The van der Waals surface area contributed by atoms with Gasteiger partial charge >= 0.3 is 0 Å². The molecule has 4 heteroatoms. The molecule has 0 fully saturated rings. The van der Waals surface area contributed by atoms with Gasteiger partial charge in [0.1, 0.15) is 0 Å². The average Bonchev–Trinajstić information content (AvgIpc) is 1.86. The van der Waals surface area contributed by atoms with Crippen LogP contribution < -0.4 is 0 Å². The molecule has 0 spiro atoms. The Hall–Kier alpha value is -0.400. The highest BCUT2D eigenvalue weighted by molar-refractivity contribution is 7.34. The van der Waals surface area contributed by atoms with Gasteiger partial charge in [-0.2, -0.15) is 0 Å². The number of rotatable bonds is 0. The maximum Gasteiger partial charge on any atom is 0.214 e. The van der Waals surface area contributed by atoms with E-state index in [4.69, 9.17) is 4.89 Å². The molecule has 1 heterocycles. The second kappa shape index (κ2) is 1.37. The van der Waals surface area contributed by atoms with Crippen LogP contribution in [0.15, 0.2) is 12.4 Å². The largest absolute Gasteiger partial charge is 0.318 e. The van der Waals surface area contributed by atoms with Gasteiger partial charge in [-0.1, -0.05) is 0 Å². The first kappa shape index (κ1) is 3.78. The van der Waals surface area contributed by atoms with Crippen molar-refractivity contribution in [2.45, 2.75) is 0 Å². The van der Waals surface area contributed by atoms with Crippen LogP contribution >= 0.6 is 8.08 Å². The van der Waals surface area contributed by atoms with Crippen molar-refractivity contribution in [3.8, 4) is 0 Å². The summed E-state index contributed by atoms with van der Waals surface area (Å²) in [6.07, 6.45) is 2.98. The molecule has 0 aliphatic carbocycles. The van der Waals surface area contributed by atoms with Crippen LogP contribution in [0, 0.1) is 0 Å². The maximum atomic E-state index is 8.40. The van der Waals surface area contributed by atoms with Crippen molar-refractivity contribution < 1.29 is 4.89 Å². The Labute approximate surface area is 35.9 Å². The SMILES string of the molecule is Op1nccn1. The van der Waals surface area contributed by atoms with Crippen LogP contribution in [0.5, 0.6) is 0 Å². The van der Waals surface area contributed by atoms with Gasteiger partial charge in [0.15, 0.2) is 0 Å². The fourth-order valence-corrected chi connectivity index (χ4v) is 0.626. The minimum Gasteiger partial charge on any atom is -0.318 e. The Morgan fingerprint density at radius 3 is 2.00 bits per heavy atom. The van der Waals surface area contributed by atoms with E-state index >= 15 is 0 Å². The molecule has 6 heavy (non-hydrogen) atoms. The highest BCUT2D eigenvalue weighted by atomic mass is 31.1. The predicted octanol–water partition coefficient (Wildman–Crippen LogP) is 0.219. The van der Waals surface area contributed by atoms with E-state index in [0.29, 0.717) is 0 Å². The van der Waals surface area contributed by atoms with E-state index < -0.39 is 8.08 Å². The molecule has 3 nitrogen and oxygen atoms in total. The van der Waals surface area contributed by atoms with Crippen molar-refractivity contribution in [3.63, 3.8) is 0 Å². The van der Waals surface area contributed by atoms with Crippen molar-refractivity contribution in [3.05, 3.63) is 12.4 Å². The normalized spacial score (nSPS) is 8.83. The van der Waals surface area contributed by atoms with Gasteiger partial charge in [0.05, 0.1) is 12.4 Å². The third-order valence-corrected chi connectivity index (χ3v) is 1.09. The lowest BCUT2D eigenvalue weighted by atomic mass is 11.0. The summed E-state index contributed by atoms with van der Waals surface area (Å²) < 4.78 is 7.02. The molecule has 1 aromatic heterocycles. The summed E-state index contributed by atoms with van der Waals surface area (Å²) in [6.45, 7) is 0. The molecule has 0 aliphatic heterocycles. The van der Waals surface area contributed by atoms with Gasteiger partial charge in [0, 0.05) is 0 Å². The zero-order valence-electron chi connectivity index (χ0n) is 2.94. The summed E-state index contributed by atoms with van der Waals surface area (Å²) in [4.78, 5) is 8.40. The third-order valence-electron chi connectivity index (χ3n) is 0.407. The summed E-state index contributed by atoms with van der Waals surface area (Å²) in [7, 11) is -1.33. The zero-order valence-corrected chi connectivity index (χ0v) is 3.84. The summed E-state index contributed by atoms with van der Waals surface area (Å²) in [6, 6.07) is 0. The molecular weight excluding hydrogens is 99.0 g/mol. The second-order valence-electron chi connectivity index (χ2n) is 0.797. The molecule has 1 rings (SSSR count). The van der Waals surface area contributed by atoms with E-state index in [1.54, 1.807) is 0 Å². The molecule has 0 aromatic carbocycles. The van der Waals surface area contributed by atoms with E-state index in [1.165, 1.54) is 12.4 Å². The van der Waals surface area contributed by atoms with Gasteiger partial charge in [0.25, 0.3) is 0 Å². The fraction of sp³-hybridized carbons (Fsp3) is 0. The predicted molar refractivity (Wildman–Crippen MR) is 22.4 cm³/mol. The lowest BCUT2D eigenvalue weighted by molar-refractivity contribution is 0.636. The zero-order chi connectivity index (χ0) is 4.41. The van der Waals surface area contributed by atoms with Crippen molar-refractivity contribution in [2.24, 2.45) is 0 Å². The monoisotopic (exact) mass is 102 g/mol. The Morgan fingerprint density at radius 1 is 1.33 bits per heavy atom. The molecule has 0 bridgehead atoms. The molecule has 1 aromatic rings. The van der Waals surface area contributed by atoms with Gasteiger partial charge in [-0.3, -0.25) is 0 Å². The van der Waals surface area contributed by atoms with Crippen LogP contribution in [0.2, 0.25) is 0 Å². The average molecular weight is 102 g/mol. The number of hydrogen-bond donors (Lipinski definition) is 1. The first-order valence-corrected chi connectivity index (χ1v) is 2.65. The van der Waals surface area contributed by atoms with Crippen molar-refractivity contribution >= 4 is 8.08 Å². The Bertz CT molecular complexity index is 115. The van der Waals surface area contributed by atoms with E-state index in [2.05, 4.69) is 9.49 Å². The minimum atomic E-state index is -1.33. The summed E-state index contributed by atoms with van der Waals surface area (Å²) >= 11 is 0. The molecule has 0 radical (unpaired) electrons.